The van der Waals surface area contributed by atoms with Gasteiger partial charge in [0.2, 0.25) is 0 Å². The molecule has 1 atom stereocenters. The Balaban J connectivity index is 2.83. The fourth-order valence-electron chi connectivity index (χ4n) is 1.55. The molecule has 0 aliphatic carbocycles. The van der Waals surface area contributed by atoms with Crippen molar-refractivity contribution in [2.75, 3.05) is 5.32 Å². The minimum absolute atomic E-state index is 0.00981. The summed E-state index contributed by atoms with van der Waals surface area (Å²) >= 11 is 0. The molecule has 0 aliphatic heterocycles. The van der Waals surface area contributed by atoms with E-state index >= 15 is 0 Å². The summed E-state index contributed by atoms with van der Waals surface area (Å²) in [7, 11) is 0. The Bertz CT molecular complexity index is 615. The number of aliphatic hydroxyl groups excluding tert-OH is 1. The maximum absolute atomic E-state index is 12.4. The average molecular weight is 313 g/mol. The van der Waals surface area contributed by atoms with Crippen LogP contribution in [0.2, 0.25) is 0 Å². The molecule has 0 spiro atoms. The molecule has 0 aliphatic rings. The van der Waals surface area contributed by atoms with E-state index in [0.717, 1.165) is 24.3 Å². The van der Waals surface area contributed by atoms with Gasteiger partial charge in [-0.3, -0.25) is 15.5 Å². The van der Waals surface area contributed by atoms with E-state index in [9.17, 15) is 22.8 Å². The lowest BCUT2D eigenvalue weighted by molar-refractivity contribution is -0.137. The lowest BCUT2D eigenvalue weighted by Gasteiger charge is -2.10. The lowest BCUT2D eigenvalue weighted by atomic mass is 10.1. The SMILES string of the molecule is CC(O)CC(=O)C(=C=[N-])C(=O)Nc1ccc(C(F)(F)F)cc1. The van der Waals surface area contributed by atoms with Gasteiger partial charge < -0.3 is 15.8 Å². The number of carbonyl (C=O) groups excluding carboxylic acids is 2. The van der Waals surface area contributed by atoms with E-state index in [4.69, 9.17) is 10.5 Å². The van der Waals surface area contributed by atoms with Crippen molar-refractivity contribution in [2.24, 2.45) is 0 Å². The molecule has 8 heteroatoms. The van der Waals surface area contributed by atoms with Gasteiger partial charge >= 0.3 is 6.18 Å². The second-order valence-corrected chi connectivity index (χ2v) is 4.49. The van der Waals surface area contributed by atoms with Gasteiger partial charge in [0.15, 0.2) is 5.78 Å². The molecule has 2 N–H and O–H groups in total. The van der Waals surface area contributed by atoms with E-state index < -0.39 is 41.5 Å². The molecule has 0 aromatic heterocycles. The molecule has 5 nitrogen and oxygen atoms in total. The standard InChI is InChI=1S/C14H12F3N2O3/c1-8(20)6-12(21)11(7-18)13(22)19-10-4-2-9(3-5-10)14(15,16)17/h2-5,8,20H,6H2,1H3,(H,19,22)/q-1. The number of Topliss-reactive ketones (excluding diaryl/α,β-unsaturated/α-hetero) is 1. The van der Waals surface area contributed by atoms with E-state index in [1.807, 2.05) is 0 Å². The number of aliphatic hydroxyl groups is 1. The van der Waals surface area contributed by atoms with E-state index in [1.165, 1.54) is 12.8 Å². The van der Waals surface area contributed by atoms with Crippen LogP contribution in [0.5, 0.6) is 0 Å². The molecular weight excluding hydrogens is 301 g/mol. The van der Waals surface area contributed by atoms with Crippen molar-refractivity contribution < 1.29 is 27.9 Å². The summed E-state index contributed by atoms with van der Waals surface area (Å²) in [6, 6.07) is 3.54. The number of amides is 1. The number of hydrogen-bond donors (Lipinski definition) is 2. The summed E-state index contributed by atoms with van der Waals surface area (Å²) in [5.41, 5.74) is -1.60. The first-order valence-corrected chi connectivity index (χ1v) is 6.12. The third-order valence-electron chi connectivity index (χ3n) is 2.57. The molecule has 118 valence electrons. The maximum Gasteiger partial charge on any atom is 0.416 e. The number of benzene rings is 1. The van der Waals surface area contributed by atoms with Crippen molar-refractivity contribution in [1.82, 2.24) is 0 Å². The van der Waals surface area contributed by atoms with Crippen LogP contribution in [0, 0.1) is 0 Å². The van der Waals surface area contributed by atoms with E-state index in [2.05, 4.69) is 5.32 Å². The van der Waals surface area contributed by atoms with Crippen LogP contribution in [-0.2, 0) is 15.8 Å². The molecule has 1 aromatic rings. The Morgan fingerprint density at radius 2 is 1.86 bits per heavy atom. The summed E-state index contributed by atoms with van der Waals surface area (Å²) in [6.45, 7) is 1.32. The Morgan fingerprint density at radius 1 is 1.32 bits per heavy atom. The molecular formula is C14H12F3N2O3-. The number of nitrogens with one attached hydrogen (secondary N) is 1. The first-order chi connectivity index (χ1) is 10.1. The van der Waals surface area contributed by atoms with Crippen LogP contribution in [0.3, 0.4) is 0 Å². The molecule has 0 saturated heterocycles. The van der Waals surface area contributed by atoms with Crippen molar-refractivity contribution in [3.8, 4) is 0 Å². The summed E-state index contributed by atoms with van der Waals surface area (Å²) in [5.74, 6) is -0.453. The van der Waals surface area contributed by atoms with Crippen LogP contribution in [0.4, 0.5) is 18.9 Å². The molecule has 1 amide bonds. The van der Waals surface area contributed by atoms with Crippen molar-refractivity contribution in [3.63, 3.8) is 0 Å². The molecule has 0 radical (unpaired) electrons. The van der Waals surface area contributed by atoms with Gasteiger partial charge in [0.25, 0.3) is 5.91 Å². The summed E-state index contributed by atoms with van der Waals surface area (Å²) in [5, 5.41) is 20.0. The van der Waals surface area contributed by atoms with Crippen LogP contribution in [-0.4, -0.2) is 28.8 Å². The average Bonchev–Trinajstić information content (AvgIpc) is 2.38. The Kier molecular flexibility index (Phi) is 5.62. The highest BCUT2D eigenvalue weighted by Crippen LogP contribution is 2.29. The normalized spacial score (nSPS) is 12.2. The lowest BCUT2D eigenvalue weighted by Crippen LogP contribution is -2.23. The summed E-state index contributed by atoms with van der Waals surface area (Å²) in [4.78, 5) is 23.3. The van der Waals surface area contributed by atoms with Crippen LogP contribution < -0.4 is 5.32 Å². The quantitative estimate of drug-likeness (QED) is 0.378. The Hall–Kier alpha value is -2.44. The van der Waals surface area contributed by atoms with Gasteiger partial charge in [-0.1, -0.05) is 0 Å². The molecule has 0 fully saturated rings. The maximum atomic E-state index is 12.4. The monoisotopic (exact) mass is 313 g/mol. The molecule has 0 heterocycles. The zero-order valence-corrected chi connectivity index (χ0v) is 11.4. The van der Waals surface area contributed by atoms with Crippen molar-refractivity contribution >= 4 is 23.2 Å². The number of halogens is 3. The van der Waals surface area contributed by atoms with Crippen molar-refractivity contribution in [2.45, 2.75) is 25.6 Å². The van der Waals surface area contributed by atoms with Gasteiger partial charge in [0.1, 0.15) is 5.57 Å². The van der Waals surface area contributed by atoms with Crippen LogP contribution in [0.25, 0.3) is 5.41 Å². The first kappa shape index (κ1) is 17.6. The number of hydrogen-bond acceptors (Lipinski definition) is 3. The molecule has 1 unspecified atom stereocenters. The number of rotatable bonds is 5. The van der Waals surface area contributed by atoms with Crippen LogP contribution in [0.1, 0.15) is 18.9 Å². The fourth-order valence-corrected chi connectivity index (χ4v) is 1.55. The number of ketones is 1. The summed E-state index contributed by atoms with van der Waals surface area (Å²) < 4.78 is 37.2. The minimum Gasteiger partial charge on any atom is -0.763 e. The Labute approximate surface area is 124 Å². The van der Waals surface area contributed by atoms with E-state index in [-0.39, 0.29) is 5.69 Å². The second kappa shape index (κ2) is 7.02. The number of carbonyl (C=O) groups is 2. The van der Waals surface area contributed by atoms with E-state index in [1.54, 1.807) is 0 Å². The number of anilines is 1. The predicted octanol–water partition coefficient (Wildman–Crippen LogP) is 2.15. The molecule has 22 heavy (non-hydrogen) atoms. The van der Waals surface area contributed by atoms with Gasteiger partial charge in [0.05, 0.1) is 11.7 Å². The van der Waals surface area contributed by atoms with Crippen LogP contribution in [0.15, 0.2) is 29.8 Å². The van der Waals surface area contributed by atoms with Gasteiger partial charge in [-0.15, -0.1) is 0 Å². The molecule has 0 bridgehead atoms. The molecule has 1 aromatic carbocycles. The van der Waals surface area contributed by atoms with Gasteiger partial charge in [-0.05, 0) is 31.2 Å². The Morgan fingerprint density at radius 3 is 2.27 bits per heavy atom. The predicted molar refractivity (Wildman–Crippen MR) is 73.3 cm³/mol. The van der Waals surface area contributed by atoms with E-state index in [0.29, 0.717) is 0 Å². The van der Waals surface area contributed by atoms with Gasteiger partial charge in [0, 0.05) is 12.1 Å². The second-order valence-electron chi connectivity index (χ2n) is 4.49. The largest absolute Gasteiger partial charge is 0.763 e. The van der Waals surface area contributed by atoms with Crippen molar-refractivity contribution in [3.05, 3.63) is 40.8 Å². The van der Waals surface area contributed by atoms with Crippen molar-refractivity contribution in [1.29, 1.82) is 0 Å². The number of nitrogens with zero attached hydrogens (tertiary/aromatic N) is 1. The highest BCUT2D eigenvalue weighted by molar-refractivity contribution is 6.29. The topological polar surface area (TPSA) is 88.7 Å². The minimum atomic E-state index is -4.50. The zero-order chi connectivity index (χ0) is 16.9. The third-order valence-corrected chi connectivity index (χ3v) is 2.57. The smallest absolute Gasteiger partial charge is 0.416 e. The highest BCUT2D eigenvalue weighted by Gasteiger charge is 2.30. The van der Waals surface area contributed by atoms with Gasteiger partial charge in [-0.2, -0.15) is 13.2 Å². The van der Waals surface area contributed by atoms with Crippen LogP contribution >= 0.6 is 0 Å². The number of alkyl halides is 3. The molecule has 0 saturated carbocycles. The molecule has 1 rings (SSSR count). The van der Waals surface area contributed by atoms with Gasteiger partial charge in [-0.25, -0.2) is 0 Å². The summed E-state index contributed by atoms with van der Waals surface area (Å²) in [6.07, 6.45) is -5.92. The highest BCUT2D eigenvalue weighted by atomic mass is 19.4. The first-order valence-electron chi connectivity index (χ1n) is 6.12. The fraction of sp³-hybridized carbons (Fsp3) is 0.286. The zero-order valence-electron chi connectivity index (χ0n) is 11.4. The third kappa shape index (κ3) is 4.83.